The van der Waals surface area contributed by atoms with Gasteiger partial charge in [0.15, 0.2) is 0 Å². The SMILES string of the molecule is CC(NC(=O)NCC(=O)N1CCc2ccccc2C1)c1cccc(Br)c1. The number of fused-ring (bicyclic) bond motifs is 1. The molecule has 26 heavy (non-hydrogen) atoms. The first-order valence-corrected chi connectivity index (χ1v) is 9.46. The van der Waals surface area contributed by atoms with Crippen molar-refractivity contribution in [2.75, 3.05) is 13.1 Å². The van der Waals surface area contributed by atoms with Crippen LogP contribution >= 0.6 is 15.9 Å². The summed E-state index contributed by atoms with van der Waals surface area (Å²) in [6, 6.07) is 15.4. The van der Waals surface area contributed by atoms with E-state index in [1.807, 2.05) is 43.3 Å². The number of halogens is 1. The summed E-state index contributed by atoms with van der Waals surface area (Å²) in [5, 5.41) is 5.52. The highest BCUT2D eigenvalue weighted by Gasteiger charge is 2.20. The molecule has 1 aliphatic heterocycles. The van der Waals surface area contributed by atoms with Gasteiger partial charge in [-0.1, -0.05) is 52.3 Å². The predicted octanol–water partition coefficient (Wildman–Crippen LogP) is 3.39. The summed E-state index contributed by atoms with van der Waals surface area (Å²) < 4.78 is 0.963. The van der Waals surface area contributed by atoms with Crippen molar-refractivity contribution in [3.63, 3.8) is 0 Å². The Labute approximate surface area is 161 Å². The van der Waals surface area contributed by atoms with Crippen molar-refractivity contribution < 1.29 is 9.59 Å². The molecule has 2 N–H and O–H groups in total. The Morgan fingerprint density at radius 2 is 1.92 bits per heavy atom. The normalized spacial score (nSPS) is 14.3. The molecule has 0 saturated heterocycles. The van der Waals surface area contributed by atoms with Crippen molar-refractivity contribution in [2.45, 2.75) is 25.9 Å². The molecule has 1 atom stereocenters. The van der Waals surface area contributed by atoms with Crippen LogP contribution in [0.3, 0.4) is 0 Å². The van der Waals surface area contributed by atoms with E-state index in [-0.39, 0.29) is 24.5 Å². The van der Waals surface area contributed by atoms with E-state index in [1.165, 1.54) is 11.1 Å². The maximum Gasteiger partial charge on any atom is 0.315 e. The van der Waals surface area contributed by atoms with Gasteiger partial charge < -0.3 is 15.5 Å². The van der Waals surface area contributed by atoms with Crippen LogP contribution in [-0.2, 0) is 17.8 Å². The van der Waals surface area contributed by atoms with E-state index in [0.29, 0.717) is 13.1 Å². The van der Waals surface area contributed by atoms with Crippen LogP contribution in [0.4, 0.5) is 4.79 Å². The predicted molar refractivity (Wildman–Crippen MR) is 105 cm³/mol. The van der Waals surface area contributed by atoms with Crippen LogP contribution in [0.15, 0.2) is 53.0 Å². The van der Waals surface area contributed by atoms with Crippen molar-refractivity contribution in [1.82, 2.24) is 15.5 Å². The second-order valence-electron chi connectivity index (χ2n) is 6.44. The molecule has 0 radical (unpaired) electrons. The lowest BCUT2D eigenvalue weighted by atomic mass is 10.00. The minimum Gasteiger partial charge on any atom is -0.336 e. The van der Waals surface area contributed by atoms with Crippen LogP contribution in [0.5, 0.6) is 0 Å². The molecule has 2 aromatic carbocycles. The summed E-state index contributed by atoms with van der Waals surface area (Å²) in [5.74, 6) is -0.0650. The maximum atomic E-state index is 12.4. The maximum absolute atomic E-state index is 12.4. The summed E-state index contributed by atoms with van der Waals surface area (Å²) in [6.45, 7) is 3.20. The third kappa shape index (κ3) is 4.64. The fourth-order valence-corrected chi connectivity index (χ4v) is 3.50. The van der Waals surface area contributed by atoms with Crippen molar-refractivity contribution in [3.8, 4) is 0 Å². The summed E-state index contributed by atoms with van der Waals surface area (Å²) in [6.07, 6.45) is 0.855. The lowest BCUT2D eigenvalue weighted by Crippen LogP contribution is -2.45. The summed E-state index contributed by atoms with van der Waals surface area (Å²) >= 11 is 3.42. The molecule has 136 valence electrons. The van der Waals surface area contributed by atoms with E-state index < -0.39 is 0 Å². The van der Waals surface area contributed by atoms with E-state index in [2.05, 4.69) is 38.7 Å². The number of hydrogen-bond acceptors (Lipinski definition) is 2. The highest BCUT2D eigenvalue weighted by molar-refractivity contribution is 9.10. The summed E-state index contributed by atoms with van der Waals surface area (Å²) in [4.78, 5) is 26.3. The van der Waals surface area contributed by atoms with Gasteiger partial charge in [-0.3, -0.25) is 4.79 Å². The first-order valence-electron chi connectivity index (χ1n) is 8.67. The fraction of sp³-hybridized carbons (Fsp3) is 0.300. The molecule has 0 bridgehead atoms. The molecule has 0 fully saturated rings. The second kappa shape index (κ2) is 8.36. The van der Waals surface area contributed by atoms with Crippen LogP contribution in [0.1, 0.15) is 29.7 Å². The van der Waals surface area contributed by atoms with Crippen molar-refractivity contribution in [3.05, 3.63) is 69.7 Å². The number of urea groups is 1. The van der Waals surface area contributed by atoms with Gasteiger partial charge in [-0.2, -0.15) is 0 Å². The zero-order valence-corrected chi connectivity index (χ0v) is 16.3. The third-order valence-electron chi connectivity index (χ3n) is 4.58. The Hall–Kier alpha value is -2.34. The number of benzene rings is 2. The number of nitrogens with one attached hydrogen (secondary N) is 2. The fourth-order valence-electron chi connectivity index (χ4n) is 3.08. The van der Waals surface area contributed by atoms with E-state index in [1.54, 1.807) is 4.90 Å². The lowest BCUT2D eigenvalue weighted by Gasteiger charge is -2.29. The Bertz CT molecular complexity index is 809. The Morgan fingerprint density at radius 3 is 2.69 bits per heavy atom. The van der Waals surface area contributed by atoms with Gasteiger partial charge >= 0.3 is 6.03 Å². The van der Waals surface area contributed by atoms with Crippen LogP contribution in [0.25, 0.3) is 0 Å². The Kier molecular flexibility index (Phi) is 5.93. The molecule has 0 saturated carbocycles. The van der Waals surface area contributed by atoms with Gasteiger partial charge in [-0.25, -0.2) is 4.79 Å². The van der Waals surface area contributed by atoms with Crippen molar-refractivity contribution in [2.24, 2.45) is 0 Å². The molecule has 0 spiro atoms. The van der Waals surface area contributed by atoms with Crippen molar-refractivity contribution in [1.29, 1.82) is 0 Å². The third-order valence-corrected chi connectivity index (χ3v) is 5.07. The van der Waals surface area contributed by atoms with Gasteiger partial charge in [0, 0.05) is 17.6 Å². The van der Waals surface area contributed by atoms with Crippen LogP contribution < -0.4 is 10.6 Å². The largest absolute Gasteiger partial charge is 0.336 e. The van der Waals surface area contributed by atoms with Crippen LogP contribution in [0, 0.1) is 0 Å². The number of carbonyl (C=O) groups is 2. The number of carbonyl (C=O) groups excluding carboxylic acids is 2. The lowest BCUT2D eigenvalue weighted by molar-refractivity contribution is -0.131. The number of hydrogen-bond donors (Lipinski definition) is 2. The Morgan fingerprint density at radius 1 is 1.15 bits per heavy atom. The van der Waals surface area contributed by atoms with Gasteiger partial charge in [-0.15, -0.1) is 0 Å². The molecule has 3 amide bonds. The van der Waals surface area contributed by atoms with Gasteiger partial charge in [0.05, 0.1) is 12.6 Å². The second-order valence-corrected chi connectivity index (χ2v) is 7.35. The number of rotatable bonds is 4. The molecule has 0 aliphatic carbocycles. The molecule has 0 aromatic heterocycles. The zero-order chi connectivity index (χ0) is 18.5. The van der Waals surface area contributed by atoms with Gasteiger partial charge in [0.1, 0.15) is 0 Å². The topological polar surface area (TPSA) is 61.4 Å². The minimum atomic E-state index is -0.344. The number of amides is 3. The molecule has 1 unspecified atom stereocenters. The summed E-state index contributed by atoms with van der Waals surface area (Å²) in [7, 11) is 0. The molecular weight excluding hydrogens is 394 g/mol. The minimum absolute atomic E-state index is 0.000789. The van der Waals surface area contributed by atoms with Crippen LogP contribution in [-0.4, -0.2) is 29.9 Å². The monoisotopic (exact) mass is 415 g/mol. The highest BCUT2D eigenvalue weighted by Crippen LogP contribution is 2.19. The van der Waals surface area contributed by atoms with E-state index in [9.17, 15) is 9.59 Å². The average molecular weight is 416 g/mol. The molecule has 2 aromatic rings. The molecule has 1 aliphatic rings. The van der Waals surface area contributed by atoms with Crippen LogP contribution in [0.2, 0.25) is 0 Å². The first kappa shape index (κ1) is 18.5. The van der Waals surface area contributed by atoms with E-state index >= 15 is 0 Å². The zero-order valence-electron chi connectivity index (χ0n) is 14.7. The highest BCUT2D eigenvalue weighted by atomic mass is 79.9. The average Bonchev–Trinajstić information content (AvgIpc) is 2.65. The Balaban J connectivity index is 1.48. The van der Waals surface area contributed by atoms with Gasteiger partial charge in [-0.05, 0) is 42.2 Å². The number of nitrogens with zero attached hydrogens (tertiary/aromatic N) is 1. The molecule has 3 rings (SSSR count). The molecule has 1 heterocycles. The molecular formula is C20H22BrN3O2. The first-order chi connectivity index (χ1) is 12.5. The molecule has 5 nitrogen and oxygen atoms in total. The smallest absolute Gasteiger partial charge is 0.315 e. The summed E-state index contributed by atoms with van der Waals surface area (Å²) in [5.41, 5.74) is 3.47. The van der Waals surface area contributed by atoms with Crippen molar-refractivity contribution >= 4 is 27.9 Å². The standard InChI is InChI=1S/C20H22BrN3O2/c1-14(16-7-4-8-18(21)11-16)23-20(26)22-12-19(25)24-10-9-15-5-2-3-6-17(15)13-24/h2-8,11,14H,9-10,12-13H2,1H3,(H2,22,23,26). The quantitative estimate of drug-likeness (QED) is 0.803. The van der Waals surface area contributed by atoms with E-state index in [4.69, 9.17) is 0 Å². The van der Waals surface area contributed by atoms with E-state index in [0.717, 1.165) is 16.5 Å². The van der Waals surface area contributed by atoms with Gasteiger partial charge in [0.2, 0.25) is 5.91 Å². The molecule has 6 heteroatoms. The van der Waals surface area contributed by atoms with Gasteiger partial charge in [0.25, 0.3) is 0 Å².